The first-order valence-electron chi connectivity index (χ1n) is 12.4. The Labute approximate surface area is 209 Å². The number of carbonyl (C=O) groups is 1. The van der Waals surface area contributed by atoms with Crippen LogP contribution in [0.1, 0.15) is 47.3 Å². The third-order valence-electron chi connectivity index (χ3n) is 7.44. The molecule has 0 aromatic heterocycles. The largest absolute Gasteiger partial charge is 0.463 e. The van der Waals surface area contributed by atoms with Crippen molar-refractivity contribution in [3.8, 4) is 5.75 Å². The molecule has 0 N–H and O–H groups in total. The van der Waals surface area contributed by atoms with E-state index in [9.17, 15) is 4.79 Å². The molecule has 4 nitrogen and oxygen atoms in total. The summed E-state index contributed by atoms with van der Waals surface area (Å²) in [6.45, 7) is 6.53. The van der Waals surface area contributed by atoms with E-state index in [-0.39, 0.29) is 11.2 Å². The molecular weight excluding hydrogens is 432 g/mol. The highest BCUT2D eigenvalue weighted by Crippen LogP contribution is 2.54. The van der Waals surface area contributed by atoms with Crippen LogP contribution in [0, 0.1) is 0 Å². The zero-order valence-corrected chi connectivity index (χ0v) is 21.4. The molecule has 0 amide bonds. The van der Waals surface area contributed by atoms with Crippen LogP contribution < -0.4 is 9.64 Å². The highest BCUT2D eigenvalue weighted by molar-refractivity contribution is 6.09. The van der Waals surface area contributed by atoms with Gasteiger partial charge in [0.1, 0.15) is 5.75 Å². The van der Waals surface area contributed by atoms with Crippen LogP contribution in [-0.2, 0) is 5.41 Å². The maximum Gasteiger partial charge on any atom is 0.212 e. The molecule has 3 aromatic carbocycles. The molecular formula is C31H35N2O2+. The Morgan fingerprint density at radius 3 is 2.37 bits per heavy atom. The summed E-state index contributed by atoms with van der Waals surface area (Å²) in [4.78, 5) is 15.5. The lowest BCUT2D eigenvalue weighted by Crippen LogP contribution is -2.60. The molecule has 2 aliphatic rings. The van der Waals surface area contributed by atoms with Crippen molar-refractivity contribution in [3.63, 3.8) is 0 Å². The molecule has 2 aliphatic heterocycles. The van der Waals surface area contributed by atoms with E-state index < -0.39 is 5.72 Å². The van der Waals surface area contributed by atoms with Gasteiger partial charge >= 0.3 is 0 Å². The van der Waals surface area contributed by atoms with Crippen LogP contribution in [0.15, 0.2) is 78.9 Å². The van der Waals surface area contributed by atoms with Gasteiger partial charge in [0.15, 0.2) is 5.78 Å². The topological polar surface area (TPSA) is 29.5 Å². The molecule has 2 heterocycles. The molecule has 0 saturated carbocycles. The fourth-order valence-corrected chi connectivity index (χ4v) is 5.49. The van der Waals surface area contributed by atoms with Gasteiger partial charge in [-0.1, -0.05) is 48.5 Å². The monoisotopic (exact) mass is 467 g/mol. The van der Waals surface area contributed by atoms with Crippen molar-refractivity contribution in [1.82, 2.24) is 0 Å². The molecule has 180 valence electrons. The number of ether oxygens (including phenoxy) is 1. The number of hydrogen-bond donors (Lipinski definition) is 0. The van der Waals surface area contributed by atoms with E-state index in [1.54, 1.807) is 0 Å². The number of carbonyl (C=O) groups excluding carboxylic acids is 1. The summed E-state index contributed by atoms with van der Waals surface area (Å²) in [5, 5.41) is 0. The lowest BCUT2D eigenvalue weighted by Gasteiger charge is -2.47. The molecule has 1 unspecified atom stereocenters. The number of ketones is 1. The molecule has 5 rings (SSSR count). The van der Waals surface area contributed by atoms with Crippen LogP contribution in [0.25, 0.3) is 6.08 Å². The number of anilines is 1. The zero-order valence-electron chi connectivity index (χ0n) is 21.4. The minimum atomic E-state index is -0.625. The first kappa shape index (κ1) is 23.4. The molecule has 1 spiro atoms. The Bertz CT molecular complexity index is 1290. The fourth-order valence-electron chi connectivity index (χ4n) is 5.49. The summed E-state index contributed by atoms with van der Waals surface area (Å²) in [6.07, 6.45) is 5.41. The summed E-state index contributed by atoms with van der Waals surface area (Å²) in [6, 6.07) is 23.9. The van der Waals surface area contributed by atoms with Gasteiger partial charge in [-0.15, -0.1) is 0 Å². The van der Waals surface area contributed by atoms with E-state index in [2.05, 4.69) is 76.3 Å². The molecule has 0 radical (unpaired) electrons. The zero-order chi connectivity index (χ0) is 24.8. The van der Waals surface area contributed by atoms with Crippen molar-refractivity contribution >= 4 is 17.5 Å². The van der Waals surface area contributed by atoms with E-state index in [0.29, 0.717) is 11.1 Å². The van der Waals surface area contributed by atoms with Crippen LogP contribution in [0.4, 0.5) is 5.69 Å². The standard InChI is InChI=1S/C31H35N2O2/c1-30(2)26-14-9-10-15-27(26)32(20-11-21-33(3,4)5)31(30)19-18-24-22-25(16-17-28(24)35-31)29(34)23-12-7-6-8-13-23/h6-10,12-19,22H,11,20-21H2,1-5H3/q+1. The van der Waals surface area contributed by atoms with Crippen molar-refractivity contribution in [1.29, 1.82) is 0 Å². The summed E-state index contributed by atoms with van der Waals surface area (Å²) < 4.78 is 7.87. The van der Waals surface area contributed by atoms with Gasteiger partial charge in [0, 0.05) is 35.3 Å². The third kappa shape index (κ3) is 3.96. The molecule has 3 aromatic rings. The SMILES string of the molecule is CC1(C)c2ccccc2N(CCC[N+](C)(C)C)C12C=Cc1cc(C(=O)c3ccccc3)ccc1O2. The van der Waals surface area contributed by atoms with Crippen molar-refractivity contribution in [2.24, 2.45) is 0 Å². The quantitative estimate of drug-likeness (QED) is 0.333. The second-order valence-corrected chi connectivity index (χ2v) is 11.2. The number of fused-ring (bicyclic) bond motifs is 2. The first-order chi connectivity index (χ1) is 16.6. The van der Waals surface area contributed by atoms with Gasteiger partial charge in [-0.05, 0) is 55.8 Å². The Morgan fingerprint density at radius 1 is 0.914 bits per heavy atom. The molecule has 0 fully saturated rings. The van der Waals surface area contributed by atoms with Gasteiger partial charge in [-0.3, -0.25) is 4.79 Å². The maximum absolute atomic E-state index is 13.0. The average molecular weight is 468 g/mol. The van der Waals surface area contributed by atoms with E-state index in [4.69, 9.17) is 4.74 Å². The van der Waals surface area contributed by atoms with Crippen LogP contribution in [0.2, 0.25) is 0 Å². The minimum absolute atomic E-state index is 0.0256. The van der Waals surface area contributed by atoms with Crippen LogP contribution in [-0.4, -0.2) is 50.2 Å². The van der Waals surface area contributed by atoms with Gasteiger partial charge in [0.25, 0.3) is 0 Å². The van der Waals surface area contributed by atoms with E-state index >= 15 is 0 Å². The molecule has 0 aliphatic carbocycles. The lowest BCUT2D eigenvalue weighted by molar-refractivity contribution is -0.870. The molecule has 35 heavy (non-hydrogen) atoms. The van der Waals surface area contributed by atoms with Gasteiger partial charge < -0.3 is 14.1 Å². The van der Waals surface area contributed by atoms with Gasteiger partial charge in [0.05, 0.1) is 33.1 Å². The highest BCUT2D eigenvalue weighted by Gasteiger charge is 2.58. The Balaban J connectivity index is 1.51. The summed E-state index contributed by atoms with van der Waals surface area (Å²) in [5.41, 5.74) is 3.97. The lowest BCUT2D eigenvalue weighted by atomic mass is 9.76. The maximum atomic E-state index is 13.0. The van der Waals surface area contributed by atoms with Crippen molar-refractivity contribution < 1.29 is 14.0 Å². The normalized spacial score (nSPS) is 19.9. The minimum Gasteiger partial charge on any atom is -0.463 e. The van der Waals surface area contributed by atoms with Crippen molar-refractivity contribution in [2.75, 3.05) is 39.1 Å². The molecule has 4 heteroatoms. The van der Waals surface area contributed by atoms with Crippen LogP contribution >= 0.6 is 0 Å². The number of rotatable bonds is 6. The number of para-hydroxylation sites is 1. The predicted octanol–water partition coefficient (Wildman–Crippen LogP) is 5.91. The predicted molar refractivity (Wildman–Crippen MR) is 143 cm³/mol. The second-order valence-electron chi connectivity index (χ2n) is 11.2. The number of benzene rings is 3. The van der Waals surface area contributed by atoms with E-state index in [0.717, 1.165) is 35.3 Å². The van der Waals surface area contributed by atoms with E-state index in [1.807, 2.05) is 48.5 Å². The number of quaternary nitrogens is 1. The number of hydrogen-bond acceptors (Lipinski definition) is 3. The Morgan fingerprint density at radius 2 is 1.63 bits per heavy atom. The fraction of sp³-hybridized carbons (Fsp3) is 0.323. The van der Waals surface area contributed by atoms with Gasteiger partial charge in [-0.25, -0.2) is 0 Å². The van der Waals surface area contributed by atoms with Crippen molar-refractivity contribution in [2.45, 2.75) is 31.4 Å². The summed E-state index contributed by atoms with van der Waals surface area (Å²) in [5.74, 6) is 0.840. The van der Waals surface area contributed by atoms with Crippen molar-refractivity contribution in [3.05, 3.63) is 101 Å². The van der Waals surface area contributed by atoms with Gasteiger partial charge in [0.2, 0.25) is 5.72 Å². The summed E-state index contributed by atoms with van der Waals surface area (Å²) in [7, 11) is 6.71. The highest BCUT2D eigenvalue weighted by atomic mass is 16.5. The molecule has 0 saturated heterocycles. The van der Waals surface area contributed by atoms with E-state index in [1.165, 1.54) is 11.3 Å². The Kier molecular flexibility index (Phi) is 5.60. The van der Waals surface area contributed by atoms with Gasteiger partial charge in [-0.2, -0.15) is 0 Å². The molecule has 1 atom stereocenters. The number of nitrogens with zero attached hydrogens (tertiary/aromatic N) is 2. The Hall–Kier alpha value is -3.37. The third-order valence-corrected chi connectivity index (χ3v) is 7.44. The molecule has 0 bridgehead atoms. The summed E-state index contributed by atoms with van der Waals surface area (Å²) >= 11 is 0. The smallest absolute Gasteiger partial charge is 0.212 e. The first-order valence-corrected chi connectivity index (χ1v) is 12.4. The average Bonchev–Trinajstić information content (AvgIpc) is 3.02. The van der Waals surface area contributed by atoms with Crippen LogP contribution in [0.5, 0.6) is 5.75 Å². The second kappa shape index (κ2) is 8.39. The van der Waals surface area contributed by atoms with Crippen LogP contribution in [0.3, 0.4) is 0 Å².